The van der Waals surface area contributed by atoms with E-state index in [9.17, 15) is 0 Å². The Hall–Kier alpha value is -3.03. The van der Waals surface area contributed by atoms with E-state index in [4.69, 9.17) is 14.2 Å². The van der Waals surface area contributed by atoms with E-state index in [0.29, 0.717) is 23.2 Å². The highest BCUT2D eigenvalue weighted by molar-refractivity contribution is 5.99. The quantitative estimate of drug-likeness (QED) is 0.740. The number of ether oxygens (including phenoxy) is 3. The maximum atomic E-state index is 5.61. The van der Waals surface area contributed by atoms with Crippen molar-refractivity contribution >= 4 is 16.6 Å². The molecule has 1 saturated heterocycles. The third kappa shape index (κ3) is 3.01. The monoisotopic (exact) mass is 369 g/mol. The molecule has 0 bridgehead atoms. The summed E-state index contributed by atoms with van der Waals surface area (Å²) in [6.45, 7) is 1.75. The topological polar surface area (TPSA) is 85.4 Å². The number of benzene rings is 1. The van der Waals surface area contributed by atoms with Crippen LogP contribution in [0.15, 0.2) is 24.7 Å². The van der Waals surface area contributed by atoms with Crippen LogP contribution >= 0.6 is 0 Å². The lowest BCUT2D eigenvalue weighted by Gasteiger charge is -2.33. The second kappa shape index (κ2) is 7.30. The lowest BCUT2D eigenvalue weighted by atomic mass is 9.97. The molecule has 1 unspecified atom stereocenters. The van der Waals surface area contributed by atoms with Gasteiger partial charge in [-0.05, 0) is 18.9 Å². The lowest BCUT2D eigenvalue weighted by Crippen LogP contribution is -2.35. The van der Waals surface area contributed by atoms with Gasteiger partial charge in [-0.1, -0.05) is 0 Å². The number of imidazole rings is 1. The van der Waals surface area contributed by atoms with E-state index >= 15 is 0 Å². The maximum absolute atomic E-state index is 5.61. The SMILES string of the molecule is COc1cc2c(N3CCCC(c4ncc[nH]4)C3)nncc2c(OC)c1OC. The van der Waals surface area contributed by atoms with Crippen LogP contribution in [-0.4, -0.2) is 54.6 Å². The van der Waals surface area contributed by atoms with Gasteiger partial charge in [-0.2, -0.15) is 5.10 Å². The predicted molar refractivity (Wildman–Crippen MR) is 102 cm³/mol. The summed E-state index contributed by atoms with van der Waals surface area (Å²) in [7, 11) is 4.83. The zero-order valence-corrected chi connectivity index (χ0v) is 15.7. The van der Waals surface area contributed by atoms with Gasteiger partial charge in [0.25, 0.3) is 0 Å². The second-order valence-electron chi connectivity index (χ2n) is 6.53. The molecule has 1 aliphatic heterocycles. The van der Waals surface area contributed by atoms with Crippen LogP contribution in [-0.2, 0) is 0 Å². The maximum Gasteiger partial charge on any atom is 0.204 e. The van der Waals surface area contributed by atoms with Gasteiger partial charge in [-0.25, -0.2) is 4.98 Å². The van der Waals surface area contributed by atoms with Crippen LogP contribution in [0, 0.1) is 0 Å². The van der Waals surface area contributed by atoms with Gasteiger partial charge in [0.2, 0.25) is 5.75 Å². The van der Waals surface area contributed by atoms with Crippen molar-refractivity contribution in [3.63, 3.8) is 0 Å². The first kappa shape index (κ1) is 17.4. The van der Waals surface area contributed by atoms with Crippen LogP contribution in [0.1, 0.15) is 24.6 Å². The Bertz CT molecular complexity index is 929. The fraction of sp³-hybridized carbons (Fsp3) is 0.421. The van der Waals surface area contributed by atoms with Gasteiger partial charge in [0.1, 0.15) is 5.82 Å². The molecule has 8 heteroatoms. The van der Waals surface area contributed by atoms with Gasteiger partial charge < -0.3 is 24.1 Å². The van der Waals surface area contributed by atoms with E-state index < -0.39 is 0 Å². The number of hydrogen-bond donors (Lipinski definition) is 1. The zero-order valence-electron chi connectivity index (χ0n) is 15.7. The fourth-order valence-electron chi connectivity index (χ4n) is 3.81. The van der Waals surface area contributed by atoms with Crippen LogP contribution in [0.25, 0.3) is 10.8 Å². The molecule has 1 aromatic carbocycles. The van der Waals surface area contributed by atoms with Crippen molar-refractivity contribution in [3.8, 4) is 17.2 Å². The van der Waals surface area contributed by atoms with Crippen molar-refractivity contribution < 1.29 is 14.2 Å². The Morgan fingerprint density at radius 1 is 1.11 bits per heavy atom. The van der Waals surface area contributed by atoms with Crippen LogP contribution < -0.4 is 19.1 Å². The van der Waals surface area contributed by atoms with Gasteiger partial charge in [0.15, 0.2) is 17.3 Å². The summed E-state index contributed by atoms with van der Waals surface area (Å²) in [5.74, 6) is 3.94. The van der Waals surface area contributed by atoms with E-state index in [1.165, 1.54) is 0 Å². The predicted octanol–water partition coefficient (Wildman–Crippen LogP) is 2.76. The summed E-state index contributed by atoms with van der Waals surface area (Å²) in [4.78, 5) is 9.93. The lowest BCUT2D eigenvalue weighted by molar-refractivity contribution is 0.327. The molecule has 1 atom stereocenters. The summed E-state index contributed by atoms with van der Waals surface area (Å²) >= 11 is 0. The minimum absolute atomic E-state index is 0.341. The highest BCUT2D eigenvalue weighted by Crippen LogP contribution is 2.45. The van der Waals surface area contributed by atoms with E-state index in [1.807, 2.05) is 12.3 Å². The summed E-state index contributed by atoms with van der Waals surface area (Å²) in [6.07, 6.45) is 7.53. The first-order valence-electron chi connectivity index (χ1n) is 8.95. The molecular formula is C19H23N5O3. The molecule has 0 saturated carbocycles. The number of H-pyrrole nitrogens is 1. The Balaban J connectivity index is 1.80. The van der Waals surface area contributed by atoms with Gasteiger partial charge in [0.05, 0.1) is 32.9 Å². The molecule has 27 heavy (non-hydrogen) atoms. The van der Waals surface area contributed by atoms with Crippen molar-refractivity contribution in [2.45, 2.75) is 18.8 Å². The standard InChI is InChI=1S/C19H23N5O3/c1-25-15-9-13-14(16(26-2)17(15)27-3)10-22-23-19(13)24-8-4-5-12(11-24)18-20-6-7-21-18/h6-7,9-10,12H,4-5,8,11H2,1-3H3,(H,20,21). The molecule has 0 amide bonds. The van der Waals surface area contributed by atoms with Crippen molar-refractivity contribution in [2.75, 3.05) is 39.3 Å². The van der Waals surface area contributed by atoms with E-state index in [-0.39, 0.29) is 0 Å². The number of anilines is 1. The molecule has 1 fully saturated rings. The van der Waals surface area contributed by atoms with Gasteiger partial charge in [-0.3, -0.25) is 0 Å². The van der Waals surface area contributed by atoms with Crippen molar-refractivity contribution in [1.29, 1.82) is 0 Å². The molecule has 0 radical (unpaired) electrons. The Morgan fingerprint density at radius 3 is 2.67 bits per heavy atom. The number of methoxy groups -OCH3 is 3. The third-order valence-corrected chi connectivity index (χ3v) is 5.08. The van der Waals surface area contributed by atoms with E-state index in [0.717, 1.165) is 48.3 Å². The first-order valence-corrected chi connectivity index (χ1v) is 8.95. The molecule has 2 aromatic heterocycles. The highest BCUT2D eigenvalue weighted by atomic mass is 16.5. The number of piperidine rings is 1. The minimum Gasteiger partial charge on any atom is -0.493 e. The Labute approximate surface area is 157 Å². The smallest absolute Gasteiger partial charge is 0.204 e. The normalized spacial score (nSPS) is 17.1. The van der Waals surface area contributed by atoms with E-state index in [1.54, 1.807) is 33.7 Å². The highest BCUT2D eigenvalue weighted by Gasteiger charge is 2.27. The van der Waals surface area contributed by atoms with Gasteiger partial charge in [0, 0.05) is 36.8 Å². The average molecular weight is 369 g/mol. The van der Waals surface area contributed by atoms with E-state index in [2.05, 4.69) is 25.1 Å². The summed E-state index contributed by atoms with van der Waals surface area (Å²) in [6, 6.07) is 1.94. The fourth-order valence-corrected chi connectivity index (χ4v) is 3.81. The first-order chi connectivity index (χ1) is 13.3. The Kier molecular flexibility index (Phi) is 4.70. The summed E-state index contributed by atoms with van der Waals surface area (Å²) < 4.78 is 16.6. The molecule has 142 valence electrons. The largest absolute Gasteiger partial charge is 0.493 e. The van der Waals surface area contributed by atoms with Crippen molar-refractivity contribution in [2.24, 2.45) is 0 Å². The van der Waals surface area contributed by atoms with Gasteiger partial charge in [-0.15, -0.1) is 5.10 Å². The van der Waals surface area contributed by atoms with Crippen LogP contribution in [0.4, 0.5) is 5.82 Å². The molecule has 0 aliphatic carbocycles. The summed E-state index contributed by atoms with van der Waals surface area (Å²) in [5, 5.41) is 10.4. The van der Waals surface area contributed by atoms with Crippen LogP contribution in [0.5, 0.6) is 17.2 Å². The average Bonchev–Trinajstić information content (AvgIpc) is 3.26. The molecule has 4 rings (SSSR count). The van der Waals surface area contributed by atoms with Crippen molar-refractivity contribution in [3.05, 3.63) is 30.5 Å². The molecule has 1 N–H and O–H groups in total. The molecule has 8 nitrogen and oxygen atoms in total. The minimum atomic E-state index is 0.341. The second-order valence-corrected chi connectivity index (χ2v) is 6.53. The number of nitrogens with one attached hydrogen (secondary N) is 1. The van der Waals surface area contributed by atoms with Crippen molar-refractivity contribution in [1.82, 2.24) is 20.2 Å². The number of hydrogen-bond acceptors (Lipinski definition) is 7. The number of fused-ring (bicyclic) bond motifs is 1. The number of nitrogens with zero attached hydrogens (tertiary/aromatic N) is 4. The number of aromatic nitrogens is 4. The molecule has 0 spiro atoms. The molecule has 3 aromatic rings. The molecular weight excluding hydrogens is 346 g/mol. The molecule has 1 aliphatic rings. The zero-order chi connectivity index (χ0) is 18.8. The number of rotatable bonds is 5. The summed E-state index contributed by atoms with van der Waals surface area (Å²) in [5.41, 5.74) is 0. The molecule has 3 heterocycles. The number of aromatic amines is 1. The van der Waals surface area contributed by atoms with Crippen LogP contribution in [0.3, 0.4) is 0 Å². The Morgan fingerprint density at radius 2 is 1.96 bits per heavy atom. The van der Waals surface area contributed by atoms with Crippen LogP contribution in [0.2, 0.25) is 0 Å². The third-order valence-electron chi connectivity index (χ3n) is 5.08. The van der Waals surface area contributed by atoms with Gasteiger partial charge >= 0.3 is 0 Å².